The van der Waals surface area contributed by atoms with Crippen molar-refractivity contribution in [1.82, 2.24) is 30.1 Å². The lowest BCUT2D eigenvalue weighted by Crippen LogP contribution is -2.32. The van der Waals surface area contributed by atoms with E-state index < -0.39 is 0 Å². The average Bonchev–Trinajstić information content (AvgIpc) is 3.59. The molecule has 1 atom stereocenters. The monoisotopic (exact) mass is 502 g/mol. The summed E-state index contributed by atoms with van der Waals surface area (Å²) in [5.41, 5.74) is 2.03. The van der Waals surface area contributed by atoms with Gasteiger partial charge in [0.05, 0.1) is 24.9 Å². The van der Waals surface area contributed by atoms with Crippen LogP contribution in [-0.4, -0.2) is 37.2 Å². The number of aromatic amines is 1. The van der Waals surface area contributed by atoms with E-state index in [4.69, 9.17) is 9.15 Å². The van der Waals surface area contributed by atoms with Crippen LogP contribution in [0.1, 0.15) is 42.1 Å². The molecule has 0 amide bonds. The van der Waals surface area contributed by atoms with Gasteiger partial charge in [-0.25, -0.2) is 9.07 Å². The molecule has 5 rings (SSSR count). The first-order valence-electron chi connectivity index (χ1n) is 12.0. The van der Waals surface area contributed by atoms with Crippen LogP contribution < -0.4 is 10.3 Å². The molecule has 190 valence electrons. The molecule has 0 radical (unpaired) electrons. The predicted octanol–water partition coefficient (Wildman–Crippen LogP) is 4.46. The van der Waals surface area contributed by atoms with E-state index in [2.05, 4.69) is 25.4 Å². The molecular formula is C27H27FN6O3. The van der Waals surface area contributed by atoms with E-state index in [1.54, 1.807) is 36.3 Å². The quantitative estimate of drug-likeness (QED) is 0.301. The summed E-state index contributed by atoms with van der Waals surface area (Å²) in [6, 6.07) is 17.3. The highest BCUT2D eigenvalue weighted by Crippen LogP contribution is 2.27. The fourth-order valence-corrected chi connectivity index (χ4v) is 4.51. The number of halogens is 1. The Hall–Kier alpha value is -4.31. The Labute approximate surface area is 212 Å². The van der Waals surface area contributed by atoms with Crippen LogP contribution in [-0.2, 0) is 19.6 Å². The summed E-state index contributed by atoms with van der Waals surface area (Å²) in [6.07, 6.45) is 2.29. The van der Waals surface area contributed by atoms with Crippen molar-refractivity contribution in [2.24, 2.45) is 0 Å². The topological polar surface area (TPSA) is 102 Å². The highest BCUT2D eigenvalue weighted by Gasteiger charge is 2.26. The molecule has 0 unspecified atom stereocenters. The largest absolute Gasteiger partial charge is 0.497 e. The van der Waals surface area contributed by atoms with E-state index in [0.29, 0.717) is 48.7 Å². The second kappa shape index (κ2) is 10.8. The van der Waals surface area contributed by atoms with E-state index in [1.807, 2.05) is 37.3 Å². The number of hydrogen-bond donors (Lipinski definition) is 1. The fraction of sp³-hybridized carbons (Fsp3) is 0.259. The van der Waals surface area contributed by atoms with E-state index in [-0.39, 0.29) is 17.4 Å². The minimum Gasteiger partial charge on any atom is -0.497 e. The Balaban J connectivity index is 1.51. The summed E-state index contributed by atoms with van der Waals surface area (Å²) in [5, 5.41) is 13.3. The van der Waals surface area contributed by atoms with Gasteiger partial charge in [-0.1, -0.05) is 19.1 Å². The molecule has 0 aliphatic rings. The fourth-order valence-electron chi connectivity index (χ4n) is 4.51. The maximum absolute atomic E-state index is 13.6. The van der Waals surface area contributed by atoms with E-state index in [9.17, 15) is 9.18 Å². The Morgan fingerprint density at radius 2 is 1.97 bits per heavy atom. The molecule has 0 saturated heterocycles. The van der Waals surface area contributed by atoms with E-state index in [0.717, 1.165) is 16.7 Å². The number of hydrogen-bond acceptors (Lipinski definition) is 7. The number of pyridine rings is 1. The van der Waals surface area contributed by atoms with Gasteiger partial charge in [0.2, 0.25) is 0 Å². The van der Waals surface area contributed by atoms with Gasteiger partial charge in [-0.2, -0.15) is 0 Å². The Morgan fingerprint density at radius 1 is 1.14 bits per heavy atom. The molecule has 2 aromatic carbocycles. The molecule has 3 heterocycles. The van der Waals surface area contributed by atoms with Crippen molar-refractivity contribution < 1.29 is 13.5 Å². The van der Waals surface area contributed by atoms with Crippen LogP contribution in [0.5, 0.6) is 5.75 Å². The second-order valence-corrected chi connectivity index (χ2v) is 8.81. The summed E-state index contributed by atoms with van der Waals surface area (Å²) in [5.74, 6) is 1.76. The van der Waals surface area contributed by atoms with Crippen molar-refractivity contribution in [3.05, 3.63) is 106 Å². The zero-order chi connectivity index (χ0) is 25.8. The minimum atomic E-state index is -0.300. The molecule has 0 aliphatic heterocycles. The molecule has 0 spiro atoms. The lowest BCUT2D eigenvalue weighted by atomic mass is 10.1. The minimum absolute atomic E-state index is 0.185. The lowest BCUT2D eigenvalue weighted by Gasteiger charge is -2.30. The van der Waals surface area contributed by atoms with Crippen LogP contribution in [0.2, 0.25) is 0 Å². The number of ether oxygens (including phenoxy) is 1. The van der Waals surface area contributed by atoms with Gasteiger partial charge in [0, 0.05) is 24.7 Å². The van der Waals surface area contributed by atoms with Crippen LogP contribution in [0.15, 0.2) is 76.1 Å². The molecule has 37 heavy (non-hydrogen) atoms. The third-order valence-corrected chi connectivity index (χ3v) is 6.37. The molecule has 1 N–H and O–H groups in total. The summed E-state index contributed by atoms with van der Waals surface area (Å²) < 4.78 is 26.1. The third-order valence-electron chi connectivity index (χ3n) is 6.37. The van der Waals surface area contributed by atoms with Gasteiger partial charge >= 0.3 is 0 Å². The van der Waals surface area contributed by atoms with Gasteiger partial charge in [0.15, 0.2) is 5.82 Å². The number of benzene rings is 2. The van der Waals surface area contributed by atoms with Crippen LogP contribution in [0.4, 0.5) is 4.39 Å². The Morgan fingerprint density at radius 3 is 2.70 bits per heavy atom. The van der Waals surface area contributed by atoms with Gasteiger partial charge in [0.1, 0.15) is 23.9 Å². The first kappa shape index (κ1) is 24.4. The van der Waals surface area contributed by atoms with Gasteiger partial charge in [-0.15, -0.1) is 5.10 Å². The first-order chi connectivity index (χ1) is 18.0. The van der Waals surface area contributed by atoms with E-state index in [1.165, 1.54) is 12.1 Å². The zero-order valence-corrected chi connectivity index (χ0v) is 20.6. The van der Waals surface area contributed by atoms with E-state index >= 15 is 0 Å². The number of H-pyrrole nitrogens is 1. The SMILES string of the molecule is CC[C@H](c1nnnn1Cc1ccco1)N(Cc1ccc(F)cc1)Cc1cc2ccc(OC)cc2[nH]c1=O. The summed E-state index contributed by atoms with van der Waals surface area (Å²) in [6.45, 7) is 3.23. The second-order valence-electron chi connectivity index (χ2n) is 8.81. The average molecular weight is 503 g/mol. The maximum Gasteiger partial charge on any atom is 0.252 e. The molecule has 0 bridgehead atoms. The number of nitrogens with zero attached hydrogens (tertiary/aromatic N) is 5. The van der Waals surface area contributed by atoms with Crippen molar-refractivity contribution in [1.29, 1.82) is 0 Å². The number of tetrazole rings is 1. The molecule has 0 saturated carbocycles. The van der Waals surface area contributed by atoms with Crippen molar-refractivity contribution in [3.8, 4) is 5.75 Å². The van der Waals surface area contributed by atoms with Crippen molar-refractivity contribution in [2.75, 3.05) is 7.11 Å². The molecule has 3 aromatic heterocycles. The van der Waals surface area contributed by atoms with Crippen molar-refractivity contribution in [2.45, 2.75) is 39.0 Å². The highest BCUT2D eigenvalue weighted by atomic mass is 19.1. The number of aromatic nitrogens is 5. The highest BCUT2D eigenvalue weighted by molar-refractivity contribution is 5.80. The van der Waals surface area contributed by atoms with Gasteiger partial charge in [-0.3, -0.25) is 9.69 Å². The number of methoxy groups -OCH3 is 1. The van der Waals surface area contributed by atoms with Crippen LogP contribution >= 0.6 is 0 Å². The molecule has 9 nitrogen and oxygen atoms in total. The Kier molecular flexibility index (Phi) is 7.09. The third kappa shape index (κ3) is 5.44. The molecule has 0 fully saturated rings. The molecule has 10 heteroatoms. The summed E-state index contributed by atoms with van der Waals surface area (Å²) in [4.78, 5) is 18.2. The van der Waals surface area contributed by atoms with Crippen molar-refractivity contribution >= 4 is 10.9 Å². The number of rotatable bonds is 10. The first-order valence-corrected chi connectivity index (χ1v) is 12.0. The van der Waals surface area contributed by atoms with Crippen LogP contribution in [0.3, 0.4) is 0 Å². The maximum atomic E-state index is 13.6. The summed E-state index contributed by atoms with van der Waals surface area (Å²) in [7, 11) is 1.59. The number of fused-ring (bicyclic) bond motifs is 1. The van der Waals surface area contributed by atoms with Gasteiger partial charge < -0.3 is 14.1 Å². The molecule has 5 aromatic rings. The van der Waals surface area contributed by atoms with Gasteiger partial charge in [-0.05, 0) is 70.3 Å². The lowest BCUT2D eigenvalue weighted by molar-refractivity contribution is 0.161. The van der Waals surface area contributed by atoms with Crippen molar-refractivity contribution in [3.63, 3.8) is 0 Å². The summed E-state index contributed by atoms with van der Waals surface area (Å²) >= 11 is 0. The predicted molar refractivity (Wildman–Crippen MR) is 135 cm³/mol. The van der Waals surface area contributed by atoms with Crippen LogP contribution in [0, 0.1) is 5.82 Å². The zero-order valence-electron chi connectivity index (χ0n) is 20.6. The normalized spacial score (nSPS) is 12.3. The standard InChI is InChI=1S/C27H27FN6O3/c1-3-25(26-30-31-32-34(26)17-23-5-4-12-37-23)33(15-18-6-9-21(28)10-7-18)16-20-13-19-8-11-22(36-2)14-24(19)29-27(20)35/h4-14,25H,3,15-17H2,1-2H3,(H,29,35)/t25-/m1/s1. The molecular weight excluding hydrogens is 475 g/mol. The number of furan rings is 1. The van der Waals surface area contributed by atoms with Crippen LogP contribution in [0.25, 0.3) is 10.9 Å². The number of nitrogens with one attached hydrogen (secondary N) is 1. The van der Waals surface area contributed by atoms with Gasteiger partial charge in [0.25, 0.3) is 5.56 Å². The molecule has 0 aliphatic carbocycles. The smallest absolute Gasteiger partial charge is 0.252 e. The Bertz CT molecular complexity index is 1530.